The number of benzene rings is 1. The molecule has 2 aliphatic rings. The van der Waals surface area contributed by atoms with Crippen LogP contribution < -0.4 is 0 Å². The molecular weight excluding hydrogens is 304 g/mol. The number of halogens is 4. The summed E-state index contributed by atoms with van der Waals surface area (Å²) in [5, 5.41) is 0. The van der Waals surface area contributed by atoms with Gasteiger partial charge in [0.15, 0.2) is 17.5 Å². The van der Waals surface area contributed by atoms with E-state index in [9.17, 15) is 17.6 Å². The summed E-state index contributed by atoms with van der Waals surface area (Å²) >= 11 is 0. The molecule has 0 heterocycles. The first-order chi connectivity index (χ1) is 11.0. The van der Waals surface area contributed by atoms with Crippen LogP contribution >= 0.6 is 0 Å². The molecule has 0 radical (unpaired) electrons. The second-order valence-corrected chi connectivity index (χ2v) is 7.32. The Morgan fingerprint density at radius 3 is 2.30 bits per heavy atom. The lowest BCUT2D eigenvalue weighted by atomic mass is 9.89. The fourth-order valence-electron chi connectivity index (χ4n) is 4.74. The lowest BCUT2D eigenvalue weighted by Crippen LogP contribution is -2.18. The first-order valence-corrected chi connectivity index (χ1v) is 8.79. The first kappa shape index (κ1) is 16.8. The zero-order chi connectivity index (χ0) is 16.6. The molecule has 1 aromatic carbocycles. The van der Waals surface area contributed by atoms with E-state index in [1.165, 1.54) is 6.42 Å². The Morgan fingerprint density at radius 1 is 1.00 bits per heavy atom. The molecule has 0 bridgehead atoms. The largest absolute Gasteiger partial charge is 0.247 e. The molecule has 0 spiro atoms. The number of hydrogen-bond donors (Lipinski definition) is 0. The summed E-state index contributed by atoms with van der Waals surface area (Å²) in [5.41, 5.74) is 0.270. The fourth-order valence-corrected chi connectivity index (χ4v) is 4.74. The SMILES string of the molecule is CCCC1CCC2CC(c3cc(F)c(F)c(F)c3)C(F)C2CC1. The maximum absolute atomic E-state index is 14.9. The average Bonchev–Trinajstić information content (AvgIpc) is 2.70. The highest BCUT2D eigenvalue weighted by molar-refractivity contribution is 5.26. The van der Waals surface area contributed by atoms with Crippen molar-refractivity contribution in [2.75, 3.05) is 0 Å². The van der Waals surface area contributed by atoms with Gasteiger partial charge in [0.25, 0.3) is 0 Å². The van der Waals surface area contributed by atoms with Gasteiger partial charge < -0.3 is 0 Å². The molecular formula is C19H24F4. The highest BCUT2D eigenvalue weighted by atomic mass is 19.2. The van der Waals surface area contributed by atoms with Crippen LogP contribution in [0.25, 0.3) is 0 Å². The van der Waals surface area contributed by atoms with Crippen LogP contribution in [0, 0.1) is 35.2 Å². The quantitative estimate of drug-likeness (QED) is 0.461. The normalized spacial score (nSPS) is 34.2. The van der Waals surface area contributed by atoms with Crippen molar-refractivity contribution < 1.29 is 17.6 Å². The highest BCUT2D eigenvalue weighted by Gasteiger charge is 2.45. The van der Waals surface area contributed by atoms with Crippen molar-refractivity contribution in [1.82, 2.24) is 0 Å². The van der Waals surface area contributed by atoms with Gasteiger partial charge in [0.1, 0.15) is 6.17 Å². The molecule has 3 rings (SSSR count). The molecule has 0 N–H and O–H groups in total. The van der Waals surface area contributed by atoms with E-state index >= 15 is 0 Å². The molecule has 23 heavy (non-hydrogen) atoms. The van der Waals surface area contributed by atoms with Gasteiger partial charge in [-0.25, -0.2) is 17.6 Å². The van der Waals surface area contributed by atoms with Crippen molar-refractivity contribution >= 4 is 0 Å². The summed E-state index contributed by atoms with van der Waals surface area (Å²) in [5.74, 6) is -3.45. The van der Waals surface area contributed by atoms with Crippen molar-refractivity contribution in [3.8, 4) is 0 Å². The van der Waals surface area contributed by atoms with Gasteiger partial charge in [-0.15, -0.1) is 0 Å². The van der Waals surface area contributed by atoms with Gasteiger partial charge in [-0.3, -0.25) is 0 Å². The van der Waals surface area contributed by atoms with Crippen molar-refractivity contribution in [1.29, 1.82) is 0 Å². The monoisotopic (exact) mass is 328 g/mol. The van der Waals surface area contributed by atoms with Crippen molar-refractivity contribution in [2.24, 2.45) is 17.8 Å². The summed E-state index contributed by atoms with van der Waals surface area (Å²) in [6.45, 7) is 2.18. The Hall–Kier alpha value is -1.06. The third-order valence-corrected chi connectivity index (χ3v) is 5.94. The molecule has 2 aliphatic carbocycles. The molecule has 0 saturated heterocycles. The average molecular weight is 328 g/mol. The van der Waals surface area contributed by atoms with Crippen LogP contribution in [0.5, 0.6) is 0 Å². The van der Waals surface area contributed by atoms with E-state index < -0.39 is 29.5 Å². The van der Waals surface area contributed by atoms with Crippen molar-refractivity contribution in [3.63, 3.8) is 0 Å². The second kappa shape index (κ2) is 6.82. The van der Waals surface area contributed by atoms with E-state index in [0.29, 0.717) is 12.3 Å². The molecule has 2 saturated carbocycles. The zero-order valence-electron chi connectivity index (χ0n) is 13.5. The number of alkyl halides is 1. The van der Waals surface area contributed by atoms with Gasteiger partial charge in [0, 0.05) is 5.92 Å². The minimum absolute atomic E-state index is 0.0157. The Labute approximate surface area is 135 Å². The summed E-state index contributed by atoms with van der Waals surface area (Å²) in [6.07, 6.45) is 5.94. The molecule has 0 aromatic heterocycles. The van der Waals surface area contributed by atoms with Crippen LogP contribution in [0.2, 0.25) is 0 Å². The first-order valence-electron chi connectivity index (χ1n) is 8.79. The summed E-state index contributed by atoms with van der Waals surface area (Å²) in [4.78, 5) is 0. The third-order valence-electron chi connectivity index (χ3n) is 5.94. The molecule has 0 aliphatic heterocycles. The van der Waals surface area contributed by atoms with Gasteiger partial charge >= 0.3 is 0 Å². The Morgan fingerprint density at radius 2 is 1.65 bits per heavy atom. The molecule has 128 valence electrons. The standard InChI is InChI=1S/C19H24F4/c1-2-3-11-4-6-12-8-15(18(22)14(12)7-5-11)13-9-16(20)19(23)17(21)10-13/h9-12,14-15,18H,2-8H2,1H3. The summed E-state index contributed by atoms with van der Waals surface area (Å²) in [6, 6.07) is 1.95. The molecule has 1 aromatic rings. The molecule has 2 fully saturated rings. The summed E-state index contributed by atoms with van der Waals surface area (Å²) < 4.78 is 55.0. The number of fused-ring (bicyclic) bond motifs is 1. The minimum Gasteiger partial charge on any atom is -0.247 e. The maximum atomic E-state index is 14.9. The Bertz CT molecular complexity index is 533. The molecule has 5 atom stereocenters. The minimum atomic E-state index is -1.47. The predicted octanol–water partition coefficient (Wildman–Crippen LogP) is 6.15. The van der Waals surface area contributed by atoms with Gasteiger partial charge in [0.2, 0.25) is 0 Å². The molecule has 4 heteroatoms. The fraction of sp³-hybridized carbons (Fsp3) is 0.684. The van der Waals surface area contributed by atoms with Crippen LogP contribution in [0.4, 0.5) is 17.6 Å². The summed E-state index contributed by atoms with van der Waals surface area (Å²) in [7, 11) is 0. The van der Waals surface area contributed by atoms with E-state index in [4.69, 9.17) is 0 Å². The number of hydrogen-bond acceptors (Lipinski definition) is 0. The van der Waals surface area contributed by atoms with Crippen molar-refractivity contribution in [2.45, 2.75) is 64.0 Å². The van der Waals surface area contributed by atoms with Gasteiger partial charge in [0.05, 0.1) is 0 Å². The number of rotatable bonds is 3. The smallest absolute Gasteiger partial charge is 0.194 e. The second-order valence-electron chi connectivity index (χ2n) is 7.32. The maximum Gasteiger partial charge on any atom is 0.194 e. The van der Waals surface area contributed by atoms with E-state index in [0.717, 1.165) is 44.2 Å². The van der Waals surface area contributed by atoms with Gasteiger partial charge in [-0.05, 0) is 54.7 Å². The zero-order valence-corrected chi connectivity index (χ0v) is 13.5. The van der Waals surface area contributed by atoms with E-state index in [1.807, 2.05) is 0 Å². The van der Waals surface area contributed by atoms with E-state index in [1.54, 1.807) is 0 Å². The van der Waals surface area contributed by atoms with Crippen LogP contribution in [0.15, 0.2) is 12.1 Å². The lowest BCUT2D eigenvalue weighted by Gasteiger charge is -2.19. The Balaban J connectivity index is 1.76. The molecule has 0 nitrogen and oxygen atoms in total. The van der Waals surface area contributed by atoms with Crippen LogP contribution in [-0.2, 0) is 0 Å². The highest BCUT2D eigenvalue weighted by Crippen LogP contribution is 2.51. The predicted molar refractivity (Wildman–Crippen MR) is 82.4 cm³/mol. The lowest BCUT2D eigenvalue weighted by molar-refractivity contribution is 0.206. The van der Waals surface area contributed by atoms with Crippen LogP contribution in [0.1, 0.15) is 63.4 Å². The van der Waals surface area contributed by atoms with Crippen molar-refractivity contribution in [3.05, 3.63) is 35.1 Å². The van der Waals surface area contributed by atoms with E-state index in [-0.39, 0.29) is 17.4 Å². The molecule has 5 unspecified atom stereocenters. The third kappa shape index (κ3) is 3.27. The van der Waals surface area contributed by atoms with Gasteiger partial charge in [-0.2, -0.15) is 0 Å². The topological polar surface area (TPSA) is 0 Å². The Kier molecular flexibility index (Phi) is 4.98. The van der Waals surface area contributed by atoms with Gasteiger partial charge in [-0.1, -0.05) is 32.6 Å². The van der Waals surface area contributed by atoms with E-state index in [2.05, 4.69) is 6.92 Å². The molecule has 0 amide bonds. The van der Waals surface area contributed by atoms with Crippen LogP contribution in [0.3, 0.4) is 0 Å². The van der Waals surface area contributed by atoms with Crippen LogP contribution in [-0.4, -0.2) is 6.17 Å².